The number of anilines is 1. The number of amides is 1. The highest BCUT2D eigenvalue weighted by atomic mass is 35.5. The fraction of sp³-hybridized carbons (Fsp3) is 0.208. The summed E-state index contributed by atoms with van der Waals surface area (Å²) in [5, 5.41) is 6.61. The molecule has 9 nitrogen and oxygen atoms in total. The number of benzene rings is 2. The van der Waals surface area contributed by atoms with Crippen molar-refractivity contribution >= 4 is 51.4 Å². The first-order chi connectivity index (χ1) is 17.2. The largest absolute Gasteiger partial charge is 0.497 e. The lowest BCUT2D eigenvalue weighted by Gasteiger charge is -2.06. The van der Waals surface area contributed by atoms with Crippen molar-refractivity contribution in [2.75, 3.05) is 11.9 Å². The Kier molecular flexibility index (Phi) is 9.15. The number of nitrogens with zero attached hydrogens (tertiary/aromatic N) is 4. The highest BCUT2D eigenvalue weighted by Gasteiger charge is 2.19. The van der Waals surface area contributed by atoms with E-state index in [1.807, 2.05) is 18.2 Å². The molecule has 0 bridgehead atoms. The minimum atomic E-state index is -0.399. The maximum atomic E-state index is 13.3. The standard InChI is InChI=1S/C15H14ClFN6O.C9H9ClO2/c1-8-5-9(3-4-10(8)17)6-18-15(24)13-11-12(19-7-20-13)14(21-16)23(2)22-11;1-12-8-4-2-3-7(5-8)6-9(10)11/h3-5,7,21H,6H2,1-2H3,(H,18,24);2-5H,6H2,1H3. The van der Waals surface area contributed by atoms with E-state index in [2.05, 4.69) is 25.2 Å². The minimum absolute atomic E-state index is 0.146. The van der Waals surface area contributed by atoms with Gasteiger partial charge in [0.15, 0.2) is 11.5 Å². The zero-order valence-corrected chi connectivity index (χ0v) is 21.2. The molecule has 188 valence electrons. The highest BCUT2D eigenvalue weighted by Crippen LogP contribution is 2.22. The fourth-order valence-corrected chi connectivity index (χ4v) is 3.66. The van der Waals surface area contributed by atoms with Crippen LogP contribution in [0.25, 0.3) is 11.0 Å². The molecule has 2 heterocycles. The monoisotopic (exact) mass is 532 g/mol. The van der Waals surface area contributed by atoms with Crippen LogP contribution < -0.4 is 14.9 Å². The average molecular weight is 533 g/mol. The van der Waals surface area contributed by atoms with Gasteiger partial charge in [-0.3, -0.25) is 14.4 Å². The van der Waals surface area contributed by atoms with Gasteiger partial charge >= 0.3 is 0 Å². The lowest BCUT2D eigenvalue weighted by molar-refractivity contribution is -0.111. The zero-order chi connectivity index (χ0) is 26.2. The Labute approximate surface area is 216 Å². The van der Waals surface area contributed by atoms with Crippen LogP contribution in [0.1, 0.15) is 27.2 Å². The Hall–Kier alpha value is -3.76. The summed E-state index contributed by atoms with van der Waals surface area (Å²) in [6.07, 6.45) is 1.53. The van der Waals surface area contributed by atoms with Gasteiger partial charge in [0, 0.05) is 31.8 Å². The predicted octanol–water partition coefficient (Wildman–Crippen LogP) is 4.31. The first-order valence-electron chi connectivity index (χ1n) is 10.6. The van der Waals surface area contributed by atoms with Crippen LogP contribution >= 0.6 is 23.4 Å². The molecule has 0 aliphatic rings. The van der Waals surface area contributed by atoms with Gasteiger partial charge < -0.3 is 10.1 Å². The molecule has 4 aromatic rings. The van der Waals surface area contributed by atoms with Crippen LogP contribution in [0.3, 0.4) is 0 Å². The first-order valence-corrected chi connectivity index (χ1v) is 11.4. The van der Waals surface area contributed by atoms with Crippen LogP contribution in [-0.4, -0.2) is 38.0 Å². The molecule has 0 saturated heterocycles. The summed E-state index contributed by atoms with van der Waals surface area (Å²) in [6, 6.07) is 12.0. The fourth-order valence-electron chi connectivity index (χ4n) is 3.30. The van der Waals surface area contributed by atoms with E-state index in [4.69, 9.17) is 28.1 Å². The number of aromatic nitrogens is 4. The molecule has 0 spiro atoms. The van der Waals surface area contributed by atoms with Crippen LogP contribution in [0.15, 0.2) is 48.8 Å². The molecule has 1 amide bonds. The second kappa shape index (κ2) is 12.3. The zero-order valence-electron chi connectivity index (χ0n) is 19.7. The van der Waals surface area contributed by atoms with Crippen molar-refractivity contribution in [1.82, 2.24) is 25.1 Å². The van der Waals surface area contributed by atoms with Crippen molar-refractivity contribution in [3.05, 3.63) is 77.0 Å². The van der Waals surface area contributed by atoms with Crippen molar-refractivity contribution in [1.29, 1.82) is 0 Å². The Morgan fingerprint density at radius 1 is 1.11 bits per heavy atom. The predicted molar refractivity (Wildman–Crippen MR) is 136 cm³/mol. The third kappa shape index (κ3) is 6.67. The molecular formula is C24H23Cl2FN6O3. The Balaban J connectivity index is 0.000000253. The molecule has 0 aliphatic heterocycles. The lowest BCUT2D eigenvalue weighted by atomic mass is 10.1. The Bertz CT molecular complexity index is 1400. The molecule has 36 heavy (non-hydrogen) atoms. The van der Waals surface area contributed by atoms with Gasteiger partial charge in [0.25, 0.3) is 5.91 Å². The van der Waals surface area contributed by atoms with E-state index in [-0.39, 0.29) is 29.7 Å². The maximum Gasteiger partial charge on any atom is 0.272 e. The number of rotatable bonds is 7. The van der Waals surface area contributed by atoms with Gasteiger partial charge in [-0.05, 0) is 53.4 Å². The molecule has 0 fully saturated rings. The van der Waals surface area contributed by atoms with Gasteiger partial charge in [-0.15, -0.1) is 0 Å². The molecule has 2 N–H and O–H groups in total. The number of halogens is 3. The van der Waals surface area contributed by atoms with Crippen molar-refractivity contribution in [3.8, 4) is 5.75 Å². The van der Waals surface area contributed by atoms with Crippen molar-refractivity contribution in [2.45, 2.75) is 19.9 Å². The summed E-state index contributed by atoms with van der Waals surface area (Å²) in [5.74, 6) is 0.531. The third-order valence-electron chi connectivity index (χ3n) is 5.08. The van der Waals surface area contributed by atoms with Crippen molar-refractivity contribution in [2.24, 2.45) is 7.05 Å². The van der Waals surface area contributed by atoms with Gasteiger partial charge in [-0.25, -0.2) is 19.0 Å². The van der Waals surface area contributed by atoms with E-state index in [0.717, 1.165) is 16.9 Å². The van der Waals surface area contributed by atoms with Gasteiger partial charge in [0.2, 0.25) is 5.24 Å². The SMILES string of the molecule is COc1cccc(CC(=O)Cl)c1.Cc1cc(CNC(=O)c2ncnc3c(NCl)n(C)nc23)ccc1F. The van der Waals surface area contributed by atoms with Crippen LogP contribution in [0.2, 0.25) is 0 Å². The van der Waals surface area contributed by atoms with E-state index in [1.165, 1.54) is 17.1 Å². The van der Waals surface area contributed by atoms with E-state index in [9.17, 15) is 14.0 Å². The smallest absolute Gasteiger partial charge is 0.272 e. The summed E-state index contributed by atoms with van der Waals surface area (Å²) in [4.78, 5) is 33.5. The van der Waals surface area contributed by atoms with Crippen molar-refractivity contribution < 1.29 is 18.7 Å². The van der Waals surface area contributed by atoms with E-state index in [1.54, 1.807) is 39.3 Å². The Morgan fingerprint density at radius 3 is 2.56 bits per heavy atom. The summed E-state index contributed by atoms with van der Waals surface area (Å²) < 4.78 is 19.7. The number of methoxy groups -OCH3 is 1. The topological polar surface area (TPSA) is 111 Å². The second-order valence-corrected chi connectivity index (χ2v) is 8.25. The molecule has 2 aromatic heterocycles. The second-order valence-electron chi connectivity index (χ2n) is 7.64. The van der Waals surface area contributed by atoms with E-state index >= 15 is 0 Å². The third-order valence-corrected chi connectivity index (χ3v) is 5.39. The normalized spacial score (nSPS) is 10.4. The van der Waals surface area contributed by atoms with Gasteiger partial charge in [0.05, 0.1) is 7.11 Å². The number of aryl methyl sites for hydroxylation is 2. The van der Waals surface area contributed by atoms with Crippen molar-refractivity contribution in [3.63, 3.8) is 0 Å². The Morgan fingerprint density at radius 2 is 1.89 bits per heavy atom. The van der Waals surface area contributed by atoms with Gasteiger partial charge in [0.1, 0.15) is 28.9 Å². The van der Waals surface area contributed by atoms with Gasteiger partial charge in [-0.2, -0.15) is 5.10 Å². The number of ether oxygens (including phenoxy) is 1. The molecular weight excluding hydrogens is 510 g/mol. The average Bonchev–Trinajstić information content (AvgIpc) is 3.19. The summed E-state index contributed by atoms with van der Waals surface area (Å²) in [7, 11) is 3.26. The number of carbonyl (C=O) groups is 2. The lowest BCUT2D eigenvalue weighted by Crippen LogP contribution is -2.24. The number of carbonyl (C=O) groups excluding carboxylic acids is 2. The van der Waals surface area contributed by atoms with E-state index < -0.39 is 5.91 Å². The van der Waals surface area contributed by atoms with Crippen LogP contribution in [0, 0.1) is 12.7 Å². The van der Waals surface area contributed by atoms with Crippen LogP contribution in [0.4, 0.5) is 10.2 Å². The molecule has 0 radical (unpaired) electrons. The summed E-state index contributed by atoms with van der Waals surface area (Å²) >= 11 is 10.9. The maximum absolute atomic E-state index is 13.3. The number of hydrogen-bond acceptors (Lipinski definition) is 7. The van der Waals surface area contributed by atoms with Crippen LogP contribution in [0.5, 0.6) is 5.75 Å². The number of fused-ring (bicyclic) bond motifs is 1. The first kappa shape index (κ1) is 26.8. The molecule has 4 rings (SSSR count). The molecule has 0 atom stereocenters. The molecule has 0 saturated carbocycles. The number of nitrogens with one attached hydrogen (secondary N) is 2. The molecule has 0 unspecified atom stereocenters. The molecule has 12 heteroatoms. The molecule has 2 aromatic carbocycles. The quantitative estimate of drug-likeness (QED) is 0.269. The summed E-state index contributed by atoms with van der Waals surface area (Å²) in [5.41, 5.74) is 3.12. The molecule has 0 aliphatic carbocycles. The van der Waals surface area contributed by atoms with Crippen LogP contribution in [-0.2, 0) is 24.8 Å². The highest BCUT2D eigenvalue weighted by molar-refractivity contribution is 6.63. The van der Waals surface area contributed by atoms with Gasteiger partial charge in [-0.1, -0.05) is 24.3 Å². The van der Waals surface area contributed by atoms with E-state index in [0.29, 0.717) is 22.4 Å². The number of hydrogen-bond donors (Lipinski definition) is 2. The summed E-state index contributed by atoms with van der Waals surface area (Å²) in [6.45, 7) is 1.92. The minimum Gasteiger partial charge on any atom is -0.497 e.